The Morgan fingerprint density at radius 3 is 2.45 bits per heavy atom. The minimum Gasteiger partial charge on any atom is -0.344 e. The molecule has 0 radical (unpaired) electrons. The summed E-state index contributed by atoms with van der Waals surface area (Å²) in [6.45, 7) is 7.51. The molecule has 20 heavy (non-hydrogen) atoms. The van der Waals surface area contributed by atoms with Crippen LogP contribution in [0.25, 0.3) is 0 Å². The van der Waals surface area contributed by atoms with Crippen molar-refractivity contribution in [3.8, 4) is 0 Å². The van der Waals surface area contributed by atoms with Crippen LogP contribution >= 0.6 is 11.3 Å². The molecule has 1 aromatic carbocycles. The van der Waals surface area contributed by atoms with Gasteiger partial charge in [0.15, 0.2) is 0 Å². The molecule has 3 rings (SSSR count). The van der Waals surface area contributed by atoms with Gasteiger partial charge < -0.3 is 4.90 Å². The number of rotatable bonds is 4. The van der Waals surface area contributed by atoms with Gasteiger partial charge in [-0.3, -0.25) is 4.90 Å². The van der Waals surface area contributed by atoms with Gasteiger partial charge in [0.1, 0.15) is 5.01 Å². The van der Waals surface area contributed by atoms with Crippen LogP contribution in [0.2, 0.25) is 0 Å². The Bertz CT molecular complexity index is 532. The van der Waals surface area contributed by atoms with Gasteiger partial charge in [-0.05, 0) is 18.9 Å². The van der Waals surface area contributed by atoms with Gasteiger partial charge in [0.2, 0.25) is 5.13 Å². The quantitative estimate of drug-likeness (QED) is 0.863. The third-order valence-corrected chi connectivity index (χ3v) is 4.62. The van der Waals surface area contributed by atoms with Crippen LogP contribution in [-0.2, 0) is 6.42 Å². The highest BCUT2D eigenvalue weighted by molar-refractivity contribution is 7.15. The normalized spacial score (nSPS) is 16.6. The zero-order valence-electron chi connectivity index (χ0n) is 11.8. The Morgan fingerprint density at radius 1 is 1.05 bits per heavy atom. The molecule has 0 amide bonds. The second-order valence-electron chi connectivity index (χ2n) is 5.17. The van der Waals surface area contributed by atoms with E-state index >= 15 is 0 Å². The number of nitrogens with zero attached hydrogens (tertiary/aromatic N) is 4. The predicted molar refractivity (Wildman–Crippen MR) is 83.4 cm³/mol. The van der Waals surface area contributed by atoms with Crippen LogP contribution in [0.3, 0.4) is 0 Å². The van der Waals surface area contributed by atoms with E-state index in [9.17, 15) is 0 Å². The number of hydrogen-bond donors (Lipinski definition) is 0. The molecule has 106 valence electrons. The Morgan fingerprint density at radius 2 is 1.80 bits per heavy atom. The van der Waals surface area contributed by atoms with Gasteiger partial charge in [0, 0.05) is 32.7 Å². The lowest BCUT2D eigenvalue weighted by molar-refractivity contribution is 0.261. The predicted octanol–water partition coefficient (Wildman–Crippen LogP) is 2.21. The van der Waals surface area contributed by atoms with Gasteiger partial charge in [-0.1, -0.05) is 41.7 Å². The van der Waals surface area contributed by atoms with Crippen LogP contribution < -0.4 is 4.90 Å². The van der Waals surface area contributed by atoms with Crippen LogP contribution in [0.15, 0.2) is 30.3 Å². The summed E-state index contributed by atoms with van der Waals surface area (Å²) < 4.78 is 0. The van der Waals surface area contributed by atoms with Crippen LogP contribution in [0, 0.1) is 6.92 Å². The van der Waals surface area contributed by atoms with Crippen molar-refractivity contribution in [2.24, 2.45) is 0 Å². The fourth-order valence-electron chi connectivity index (χ4n) is 2.51. The molecular formula is C15H20N4S. The topological polar surface area (TPSA) is 32.3 Å². The summed E-state index contributed by atoms with van der Waals surface area (Å²) >= 11 is 1.69. The third-order valence-electron chi connectivity index (χ3n) is 3.72. The van der Waals surface area contributed by atoms with Crippen molar-refractivity contribution >= 4 is 16.5 Å². The minimum absolute atomic E-state index is 1.05. The fourth-order valence-corrected chi connectivity index (χ4v) is 3.25. The molecule has 1 aliphatic rings. The molecule has 1 saturated heterocycles. The zero-order chi connectivity index (χ0) is 13.8. The standard InChI is InChI=1S/C15H20N4S/c1-13-16-17-15(20-13)19-11-9-18(10-12-19)8-7-14-5-3-2-4-6-14/h2-6H,7-12H2,1H3. The summed E-state index contributed by atoms with van der Waals surface area (Å²) in [5.41, 5.74) is 1.43. The highest BCUT2D eigenvalue weighted by Crippen LogP contribution is 2.20. The average Bonchev–Trinajstić information content (AvgIpc) is 2.93. The molecule has 0 spiro atoms. The summed E-state index contributed by atoms with van der Waals surface area (Å²) in [6.07, 6.45) is 1.14. The monoisotopic (exact) mass is 288 g/mol. The maximum atomic E-state index is 4.23. The van der Waals surface area contributed by atoms with Crippen LogP contribution in [0.1, 0.15) is 10.6 Å². The lowest BCUT2D eigenvalue weighted by atomic mass is 10.1. The van der Waals surface area contributed by atoms with Gasteiger partial charge in [-0.15, -0.1) is 10.2 Å². The maximum Gasteiger partial charge on any atom is 0.208 e. The summed E-state index contributed by atoms with van der Waals surface area (Å²) in [5.74, 6) is 0. The molecule has 0 saturated carbocycles. The molecule has 0 atom stereocenters. The molecule has 1 aliphatic heterocycles. The summed E-state index contributed by atoms with van der Waals surface area (Å²) in [4.78, 5) is 4.89. The van der Waals surface area contributed by atoms with Gasteiger partial charge in [0.05, 0.1) is 0 Å². The highest BCUT2D eigenvalue weighted by atomic mass is 32.1. The summed E-state index contributed by atoms with van der Waals surface area (Å²) in [6, 6.07) is 10.7. The van der Waals surface area contributed by atoms with Crippen molar-refractivity contribution in [2.45, 2.75) is 13.3 Å². The number of aryl methyl sites for hydroxylation is 1. The van der Waals surface area contributed by atoms with E-state index < -0.39 is 0 Å². The first-order valence-corrected chi connectivity index (χ1v) is 7.94. The smallest absolute Gasteiger partial charge is 0.208 e. The van der Waals surface area contributed by atoms with E-state index in [1.807, 2.05) is 6.92 Å². The Balaban J connectivity index is 1.47. The van der Waals surface area contributed by atoms with Crippen LogP contribution in [-0.4, -0.2) is 47.8 Å². The number of piperazine rings is 1. The molecule has 0 bridgehead atoms. The first-order chi connectivity index (χ1) is 9.81. The van der Waals surface area contributed by atoms with Gasteiger partial charge >= 0.3 is 0 Å². The minimum atomic E-state index is 1.05. The van der Waals surface area contributed by atoms with E-state index in [0.29, 0.717) is 0 Å². The first kappa shape index (κ1) is 13.5. The van der Waals surface area contributed by atoms with Crippen molar-refractivity contribution in [1.29, 1.82) is 0 Å². The molecular weight excluding hydrogens is 268 g/mol. The Hall–Kier alpha value is -1.46. The molecule has 0 unspecified atom stereocenters. The van der Waals surface area contributed by atoms with Gasteiger partial charge in [0.25, 0.3) is 0 Å². The van der Waals surface area contributed by atoms with Crippen LogP contribution in [0.5, 0.6) is 0 Å². The van der Waals surface area contributed by atoms with Crippen molar-refractivity contribution in [2.75, 3.05) is 37.6 Å². The van der Waals surface area contributed by atoms with E-state index in [-0.39, 0.29) is 0 Å². The van der Waals surface area contributed by atoms with E-state index in [2.05, 4.69) is 50.3 Å². The Kier molecular flexibility index (Phi) is 4.28. The van der Waals surface area contributed by atoms with Crippen LogP contribution in [0.4, 0.5) is 5.13 Å². The second-order valence-corrected chi connectivity index (χ2v) is 6.33. The van der Waals surface area contributed by atoms with E-state index in [4.69, 9.17) is 0 Å². The maximum absolute atomic E-state index is 4.23. The lowest BCUT2D eigenvalue weighted by Gasteiger charge is -2.34. The van der Waals surface area contributed by atoms with Crippen molar-refractivity contribution in [1.82, 2.24) is 15.1 Å². The number of hydrogen-bond acceptors (Lipinski definition) is 5. The summed E-state index contributed by atoms with van der Waals surface area (Å²) in [7, 11) is 0. The first-order valence-electron chi connectivity index (χ1n) is 7.12. The molecule has 2 aromatic rings. The average molecular weight is 288 g/mol. The van der Waals surface area contributed by atoms with Crippen molar-refractivity contribution in [3.63, 3.8) is 0 Å². The van der Waals surface area contributed by atoms with Gasteiger partial charge in [-0.25, -0.2) is 0 Å². The largest absolute Gasteiger partial charge is 0.344 e. The van der Waals surface area contributed by atoms with E-state index in [1.165, 1.54) is 5.56 Å². The van der Waals surface area contributed by atoms with Crippen molar-refractivity contribution in [3.05, 3.63) is 40.9 Å². The molecule has 5 heteroatoms. The van der Waals surface area contributed by atoms with E-state index in [0.717, 1.165) is 49.3 Å². The van der Waals surface area contributed by atoms with Crippen molar-refractivity contribution < 1.29 is 0 Å². The SMILES string of the molecule is Cc1nnc(N2CCN(CCc3ccccc3)CC2)s1. The molecule has 4 nitrogen and oxygen atoms in total. The number of benzene rings is 1. The molecule has 0 aliphatic carbocycles. The summed E-state index contributed by atoms with van der Waals surface area (Å²) in [5, 5.41) is 10.5. The molecule has 2 heterocycles. The molecule has 1 aromatic heterocycles. The number of aromatic nitrogens is 2. The fraction of sp³-hybridized carbons (Fsp3) is 0.467. The second kappa shape index (κ2) is 6.33. The lowest BCUT2D eigenvalue weighted by Crippen LogP contribution is -2.47. The van der Waals surface area contributed by atoms with E-state index in [1.54, 1.807) is 11.3 Å². The number of anilines is 1. The highest BCUT2D eigenvalue weighted by Gasteiger charge is 2.19. The third kappa shape index (κ3) is 3.35. The molecule has 1 fully saturated rings. The zero-order valence-corrected chi connectivity index (χ0v) is 12.6. The Labute approximate surface area is 124 Å². The molecule has 0 N–H and O–H groups in total. The van der Waals surface area contributed by atoms with Gasteiger partial charge in [-0.2, -0.15) is 0 Å².